The second-order valence-electron chi connectivity index (χ2n) is 6.80. The first-order valence-corrected chi connectivity index (χ1v) is 16.7. The van der Waals surface area contributed by atoms with Crippen LogP contribution in [0.5, 0.6) is 0 Å². The van der Waals surface area contributed by atoms with Crippen molar-refractivity contribution < 1.29 is 14.2 Å². The third kappa shape index (κ3) is 23.0. The number of carbonyl (C=O) groups excluding carboxylic acids is 1. The number of halogens is 2. The van der Waals surface area contributed by atoms with E-state index < -0.39 is 0 Å². The van der Waals surface area contributed by atoms with Crippen molar-refractivity contribution in [3.05, 3.63) is 0 Å². The second-order valence-corrected chi connectivity index (χ2v) is 6.80. The molecule has 26 heavy (non-hydrogen) atoms. The van der Waals surface area contributed by atoms with E-state index in [4.69, 9.17) is 9.39 Å². The zero-order valence-corrected chi connectivity index (χ0v) is 21.6. The van der Waals surface area contributed by atoms with Gasteiger partial charge >= 0.3 is 7.48 Å². The van der Waals surface area contributed by atoms with E-state index in [1.54, 1.807) is 6.82 Å². The molecule has 0 spiro atoms. The van der Waals surface area contributed by atoms with Crippen LogP contribution in [0.25, 0.3) is 0 Å². The van der Waals surface area contributed by atoms with Crippen LogP contribution < -0.4 is 0 Å². The summed E-state index contributed by atoms with van der Waals surface area (Å²) in [6, 6.07) is 0. The van der Waals surface area contributed by atoms with Gasteiger partial charge in [0, 0.05) is 50.8 Å². The summed E-state index contributed by atoms with van der Waals surface area (Å²) in [5, 5.41) is 0. The summed E-state index contributed by atoms with van der Waals surface area (Å²) in [5.41, 5.74) is 0. The molecule has 155 valence electrons. The number of carbonyl (C=O) groups is 1. The standard InChI is InChI=1S/C20H40BO3.I2/c1-4-5-6-13-16-19(23-3)17-14-11-9-7-8-10-12-15-18-20(22)24-21-2;1-2/h19H,4-18H2,1-3H3;. The van der Waals surface area contributed by atoms with E-state index in [1.807, 2.05) is 7.11 Å². The quantitative estimate of drug-likeness (QED) is 0.0923. The van der Waals surface area contributed by atoms with Gasteiger partial charge in [-0.15, -0.1) is 0 Å². The maximum Gasteiger partial charge on any atom is 0.370 e. The van der Waals surface area contributed by atoms with Crippen molar-refractivity contribution in [1.29, 1.82) is 0 Å². The van der Waals surface area contributed by atoms with E-state index in [-0.39, 0.29) is 5.97 Å². The molecule has 0 aliphatic heterocycles. The lowest BCUT2D eigenvalue weighted by Gasteiger charge is -2.15. The highest BCUT2D eigenvalue weighted by atomic mass is 128. The highest BCUT2D eigenvalue weighted by Crippen LogP contribution is 2.16. The molecule has 0 saturated heterocycles. The maximum atomic E-state index is 11.2. The van der Waals surface area contributed by atoms with Gasteiger partial charge in [0.25, 0.3) is 5.97 Å². The molecule has 0 aliphatic rings. The average Bonchev–Trinajstić information content (AvgIpc) is 2.66. The van der Waals surface area contributed by atoms with Crippen LogP contribution in [-0.4, -0.2) is 26.7 Å². The summed E-state index contributed by atoms with van der Waals surface area (Å²) in [7, 11) is 3.32. The van der Waals surface area contributed by atoms with Crippen molar-refractivity contribution in [3.8, 4) is 0 Å². The summed E-state index contributed by atoms with van der Waals surface area (Å²) in [6.45, 7) is 3.99. The smallest absolute Gasteiger partial charge is 0.370 e. The molecule has 6 heteroatoms. The molecule has 0 fully saturated rings. The molecule has 0 N–H and O–H groups in total. The normalized spacial score (nSPS) is 11.4. The van der Waals surface area contributed by atoms with Crippen LogP contribution in [0.4, 0.5) is 0 Å². The molecular weight excluding hydrogens is 553 g/mol. The van der Waals surface area contributed by atoms with Crippen molar-refractivity contribution in [1.82, 2.24) is 0 Å². The van der Waals surface area contributed by atoms with Crippen LogP contribution in [-0.2, 0) is 14.2 Å². The van der Waals surface area contributed by atoms with Gasteiger partial charge in [0.15, 0.2) is 0 Å². The zero-order valence-electron chi connectivity index (χ0n) is 17.2. The minimum atomic E-state index is -0.0973. The Kier molecular flexibility index (Phi) is 29.1. The predicted molar refractivity (Wildman–Crippen MR) is 131 cm³/mol. The highest BCUT2D eigenvalue weighted by Gasteiger charge is 2.06. The van der Waals surface area contributed by atoms with E-state index in [9.17, 15) is 4.79 Å². The number of unbranched alkanes of at least 4 members (excludes halogenated alkanes) is 10. The predicted octanol–water partition coefficient (Wildman–Crippen LogP) is 7.85. The Hall–Kier alpha value is 0.955. The lowest BCUT2D eigenvalue weighted by Crippen LogP contribution is -2.10. The van der Waals surface area contributed by atoms with Gasteiger partial charge in [-0.3, -0.25) is 4.79 Å². The maximum absolute atomic E-state index is 11.2. The monoisotopic (exact) mass is 593 g/mol. The summed E-state index contributed by atoms with van der Waals surface area (Å²) in [5.74, 6) is -0.0973. The molecule has 0 aromatic rings. The van der Waals surface area contributed by atoms with E-state index >= 15 is 0 Å². The third-order valence-electron chi connectivity index (χ3n) is 4.62. The van der Waals surface area contributed by atoms with E-state index in [0.717, 1.165) is 12.8 Å². The highest BCUT2D eigenvalue weighted by molar-refractivity contribution is 15.0. The summed E-state index contributed by atoms with van der Waals surface area (Å²) >= 11 is 4.24. The first kappa shape index (κ1) is 29.2. The Morgan fingerprint density at radius 3 is 1.77 bits per heavy atom. The number of methoxy groups -OCH3 is 1. The lowest BCUT2D eigenvalue weighted by atomic mass is 10.0. The van der Waals surface area contributed by atoms with Crippen LogP contribution in [0.1, 0.15) is 103 Å². The molecule has 0 aromatic carbocycles. The fourth-order valence-corrected chi connectivity index (χ4v) is 3.07. The van der Waals surface area contributed by atoms with Crippen molar-refractivity contribution in [2.75, 3.05) is 7.11 Å². The first-order valence-electron chi connectivity index (χ1n) is 10.4. The molecule has 0 saturated carbocycles. The van der Waals surface area contributed by atoms with Crippen molar-refractivity contribution in [2.24, 2.45) is 0 Å². The third-order valence-corrected chi connectivity index (χ3v) is 4.62. The van der Waals surface area contributed by atoms with Gasteiger partial charge in [0.2, 0.25) is 0 Å². The average molecular weight is 593 g/mol. The first-order chi connectivity index (χ1) is 12.7. The molecule has 0 bridgehead atoms. The minimum absolute atomic E-state index is 0.0973. The molecule has 1 unspecified atom stereocenters. The number of ether oxygens (including phenoxy) is 1. The summed E-state index contributed by atoms with van der Waals surface area (Å²) in [6.07, 6.45) is 18.7. The Balaban J connectivity index is 0. The fraction of sp³-hybridized carbons (Fsp3) is 0.950. The number of rotatable bonds is 18. The van der Waals surface area contributed by atoms with Gasteiger partial charge in [-0.05, 0) is 19.3 Å². The molecule has 0 aliphatic carbocycles. The van der Waals surface area contributed by atoms with E-state index in [2.05, 4.69) is 44.2 Å². The topological polar surface area (TPSA) is 35.5 Å². The van der Waals surface area contributed by atoms with E-state index in [0.29, 0.717) is 12.5 Å². The summed E-state index contributed by atoms with van der Waals surface area (Å²) < 4.78 is 10.4. The number of hydrogen-bond donors (Lipinski definition) is 0. The lowest BCUT2D eigenvalue weighted by molar-refractivity contribution is -0.134. The van der Waals surface area contributed by atoms with Gasteiger partial charge in [0.05, 0.1) is 6.10 Å². The van der Waals surface area contributed by atoms with Gasteiger partial charge in [-0.1, -0.05) is 84.4 Å². The van der Waals surface area contributed by atoms with Crippen LogP contribution >= 0.6 is 37.2 Å². The van der Waals surface area contributed by atoms with Gasteiger partial charge in [0.1, 0.15) is 0 Å². The molecular formula is C20H40BI2O3. The molecule has 3 nitrogen and oxygen atoms in total. The molecule has 0 aromatic heterocycles. The van der Waals surface area contributed by atoms with Crippen molar-refractivity contribution >= 4 is 50.7 Å². The molecule has 0 heterocycles. The number of hydrogen-bond acceptors (Lipinski definition) is 3. The van der Waals surface area contributed by atoms with Crippen LogP contribution in [0, 0.1) is 0 Å². The molecule has 0 rings (SSSR count). The van der Waals surface area contributed by atoms with Crippen LogP contribution in [0.2, 0.25) is 6.82 Å². The Morgan fingerprint density at radius 2 is 1.31 bits per heavy atom. The SMILES string of the molecule is C[B]OC(=O)CCCCCCCCCCC(CCCCCC)OC.II. The van der Waals surface area contributed by atoms with Gasteiger partial charge in [-0.25, -0.2) is 0 Å². The zero-order chi connectivity index (χ0) is 19.9. The molecule has 1 atom stereocenters. The molecule has 1 radical (unpaired) electrons. The molecule has 0 amide bonds. The second kappa shape index (κ2) is 26.0. The van der Waals surface area contributed by atoms with Crippen LogP contribution in [0.3, 0.4) is 0 Å². The van der Waals surface area contributed by atoms with Gasteiger partial charge in [-0.2, -0.15) is 0 Å². The minimum Gasteiger partial charge on any atom is -0.539 e. The summed E-state index contributed by atoms with van der Waals surface area (Å²) in [4.78, 5) is 11.2. The Bertz CT molecular complexity index is 282. The van der Waals surface area contributed by atoms with Crippen LogP contribution in [0.15, 0.2) is 0 Å². The van der Waals surface area contributed by atoms with Gasteiger partial charge < -0.3 is 9.39 Å². The van der Waals surface area contributed by atoms with E-state index in [1.165, 1.54) is 84.5 Å². The largest absolute Gasteiger partial charge is 0.539 e. The fourth-order valence-electron chi connectivity index (χ4n) is 3.07. The Labute approximate surface area is 187 Å². The Morgan fingerprint density at radius 1 is 0.846 bits per heavy atom. The van der Waals surface area contributed by atoms with Crippen molar-refractivity contribution in [2.45, 2.75) is 116 Å². The van der Waals surface area contributed by atoms with Crippen molar-refractivity contribution in [3.63, 3.8) is 0 Å².